The molecule has 0 bridgehead atoms. The Kier molecular flexibility index (Phi) is 7.77. The van der Waals surface area contributed by atoms with Crippen LogP contribution in [0.25, 0.3) is 0 Å². The fraction of sp³-hybridized carbons (Fsp3) is 0.476. The zero-order valence-corrected chi connectivity index (χ0v) is 16.8. The summed E-state index contributed by atoms with van der Waals surface area (Å²) in [4.78, 5) is 31.7. The number of morpholine rings is 1. The third kappa shape index (κ3) is 6.13. The minimum Gasteiger partial charge on any atom is -0.378 e. The molecule has 8 heteroatoms. The first-order chi connectivity index (χ1) is 14.2. The summed E-state index contributed by atoms with van der Waals surface area (Å²) in [6.45, 7) is 3.13. The van der Waals surface area contributed by atoms with Gasteiger partial charge in [0.2, 0.25) is 11.9 Å². The number of aryl methyl sites for hydroxylation is 1. The van der Waals surface area contributed by atoms with Gasteiger partial charge < -0.3 is 19.7 Å². The molecule has 2 aromatic rings. The van der Waals surface area contributed by atoms with Crippen molar-refractivity contribution in [1.82, 2.24) is 14.9 Å². The molecular formula is C21H28N4O4. The first-order valence-corrected chi connectivity index (χ1v) is 9.90. The third-order valence-corrected chi connectivity index (χ3v) is 4.74. The highest BCUT2D eigenvalue weighted by Gasteiger charge is 2.20. The third-order valence-electron chi connectivity index (χ3n) is 4.74. The van der Waals surface area contributed by atoms with E-state index >= 15 is 0 Å². The van der Waals surface area contributed by atoms with Gasteiger partial charge in [-0.15, -0.1) is 0 Å². The molecule has 1 fully saturated rings. The molecule has 2 heterocycles. The van der Waals surface area contributed by atoms with Crippen LogP contribution >= 0.6 is 0 Å². The molecule has 1 aliphatic rings. The highest BCUT2D eigenvalue weighted by atomic mass is 16.5. The van der Waals surface area contributed by atoms with Crippen molar-refractivity contribution in [2.75, 3.05) is 44.9 Å². The molecule has 0 atom stereocenters. The Morgan fingerprint density at radius 1 is 1.24 bits per heavy atom. The van der Waals surface area contributed by atoms with Gasteiger partial charge in [0.1, 0.15) is 6.54 Å². The average molecular weight is 400 g/mol. The van der Waals surface area contributed by atoms with Crippen LogP contribution < -0.4 is 15.8 Å². The average Bonchev–Trinajstić information content (AvgIpc) is 2.74. The SMILES string of the molecule is COCc1cc(=O)n(CC(=O)NCCCc2ccccc2)c(N2CCOCC2)n1. The fourth-order valence-electron chi connectivity index (χ4n) is 3.28. The predicted molar refractivity (Wildman–Crippen MR) is 110 cm³/mol. The van der Waals surface area contributed by atoms with Crippen molar-refractivity contribution in [2.45, 2.75) is 26.0 Å². The summed E-state index contributed by atoms with van der Waals surface area (Å²) < 4.78 is 11.9. The summed E-state index contributed by atoms with van der Waals surface area (Å²) in [5.74, 6) is 0.295. The van der Waals surface area contributed by atoms with Gasteiger partial charge >= 0.3 is 0 Å². The van der Waals surface area contributed by atoms with Gasteiger partial charge in [-0.2, -0.15) is 0 Å². The highest BCUT2D eigenvalue weighted by Crippen LogP contribution is 2.12. The Balaban J connectivity index is 1.63. The maximum absolute atomic E-state index is 12.7. The van der Waals surface area contributed by atoms with Crippen molar-refractivity contribution in [1.29, 1.82) is 0 Å². The Labute approximate surface area is 170 Å². The van der Waals surface area contributed by atoms with Crippen LogP contribution in [-0.4, -0.2) is 55.4 Å². The number of carbonyl (C=O) groups excluding carboxylic acids is 1. The van der Waals surface area contributed by atoms with Crippen LogP contribution in [-0.2, 0) is 33.8 Å². The number of carbonyl (C=O) groups is 1. The van der Waals surface area contributed by atoms with Crippen LogP contribution in [0.2, 0.25) is 0 Å². The lowest BCUT2D eigenvalue weighted by molar-refractivity contribution is -0.121. The smallest absolute Gasteiger partial charge is 0.255 e. The number of anilines is 1. The second-order valence-corrected chi connectivity index (χ2v) is 6.94. The number of rotatable bonds is 9. The summed E-state index contributed by atoms with van der Waals surface area (Å²) in [6, 6.07) is 11.6. The van der Waals surface area contributed by atoms with Crippen LogP contribution in [0, 0.1) is 0 Å². The molecule has 0 spiro atoms. The second kappa shape index (κ2) is 10.7. The fourth-order valence-corrected chi connectivity index (χ4v) is 3.28. The van der Waals surface area contributed by atoms with Gasteiger partial charge in [-0.3, -0.25) is 14.2 Å². The van der Waals surface area contributed by atoms with E-state index in [-0.39, 0.29) is 24.6 Å². The Bertz CT molecular complexity index is 848. The van der Waals surface area contributed by atoms with E-state index in [0.717, 1.165) is 12.8 Å². The zero-order valence-electron chi connectivity index (χ0n) is 16.8. The minimum absolute atomic E-state index is 0.0584. The Morgan fingerprint density at radius 2 is 2.00 bits per heavy atom. The van der Waals surface area contributed by atoms with Crippen molar-refractivity contribution in [2.24, 2.45) is 0 Å². The van der Waals surface area contributed by atoms with Gasteiger partial charge in [-0.1, -0.05) is 30.3 Å². The second-order valence-electron chi connectivity index (χ2n) is 6.94. The molecule has 3 rings (SSSR count). The van der Waals surface area contributed by atoms with Crippen LogP contribution in [0.3, 0.4) is 0 Å². The number of ether oxygens (including phenoxy) is 2. The monoisotopic (exact) mass is 400 g/mol. The van der Waals surface area contributed by atoms with E-state index in [2.05, 4.69) is 22.4 Å². The summed E-state index contributed by atoms with van der Waals surface area (Å²) in [5, 5.41) is 2.90. The molecule has 1 aromatic heterocycles. The largest absolute Gasteiger partial charge is 0.378 e. The van der Waals surface area contributed by atoms with Crippen molar-refractivity contribution >= 4 is 11.9 Å². The van der Waals surface area contributed by atoms with Crippen LogP contribution in [0.5, 0.6) is 0 Å². The molecule has 0 radical (unpaired) electrons. The molecule has 0 aliphatic carbocycles. The van der Waals surface area contributed by atoms with Crippen molar-refractivity contribution in [3.63, 3.8) is 0 Å². The maximum atomic E-state index is 12.7. The Morgan fingerprint density at radius 3 is 2.72 bits per heavy atom. The zero-order chi connectivity index (χ0) is 20.5. The molecule has 1 N–H and O–H groups in total. The van der Waals surface area contributed by atoms with Gasteiger partial charge in [-0.25, -0.2) is 4.98 Å². The normalized spacial score (nSPS) is 14.0. The van der Waals surface area contributed by atoms with Gasteiger partial charge in [-0.05, 0) is 18.4 Å². The molecule has 29 heavy (non-hydrogen) atoms. The maximum Gasteiger partial charge on any atom is 0.255 e. The molecule has 1 aliphatic heterocycles. The molecule has 0 unspecified atom stereocenters. The Hall–Kier alpha value is -2.71. The molecule has 156 valence electrons. The van der Waals surface area contributed by atoms with E-state index in [0.29, 0.717) is 44.5 Å². The minimum atomic E-state index is -0.257. The van der Waals surface area contributed by atoms with E-state index in [1.165, 1.54) is 16.2 Å². The standard InChI is InChI=1S/C21H28N4O4/c1-28-16-18-14-20(27)25(21(23-18)24-10-12-29-13-11-24)15-19(26)22-9-5-8-17-6-3-2-4-7-17/h2-4,6-7,14H,5,8-13,15-16H2,1H3,(H,22,26). The van der Waals surface area contributed by atoms with Crippen molar-refractivity contribution < 1.29 is 14.3 Å². The molecule has 1 aromatic carbocycles. The number of nitrogens with one attached hydrogen (secondary N) is 1. The predicted octanol–water partition coefficient (Wildman–Crippen LogP) is 0.975. The summed E-state index contributed by atoms with van der Waals surface area (Å²) in [7, 11) is 1.56. The summed E-state index contributed by atoms with van der Waals surface area (Å²) >= 11 is 0. The van der Waals surface area contributed by atoms with Crippen LogP contribution in [0.1, 0.15) is 17.7 Å². The molecule has 1 saturated heterocycles. The topological polar surface area (TPSA) is 85.7 Å². The number of benzene rings is 1. The van der Waals surface area contributed by atoms with Crippen molar-refractivity contribution in [3.8, 4) is 0 Å². The van der Waals surface area contributed by atoms with Gasteiger partial charge in [0.15, 0.2) is 0 Å². The number of hydrogen-bond acceptors (Lipinski definition) is 6. The summed E-state index contributed by atoms with van der Waals surface area (Å²) in [6.07, 6.45) is 1.74. The number of methoxy groups -OCH3 is 1. The highest BCUT2D eigenvalue weighted by molar-refractivity contribution is 5.76. The first-order valence-electron chi connectivity index (χ1n) is 9.90. The number of aromatic nitrogens is 2. The summed E-state index contributed by atoms with van der Waals surface area (Å²) in [5.41, 5.74) is 1.54. The van der Waals surface area contributed by atoms with Crippen LogP contribution in [0.15, 0.2) is 41.2 Å². The lowest BCUT2D eigenvalue weighted by Gasteiger charge is -2.29. The molecule has 8 nitrogen and oxygen atoms in total. The van der Waals surface area contributed by atoms with Crippen LogP contribution in [0.4, 0.5) is 5.95 Å². The number of hydrogen-bond donors (Lipinski definition) is 1. The van der Waals surface area contributed by atoms with Gasteiger partial charge in [0.05, 0.1) is 25.5 Å². The molecular weight excluding hydrogens is 372 g/mol. The van der Waals surface area contributed by atoms with E-state index in [1.54, 1.807) is 7.11 Å². The quantitative estimate of drug-likeness (QED) is 0.632. The van der Waals surface area contributed by atoms with Gasteiger partial charge in [0, 0.05) is 32.8 Å². The van der Waals surface area contributed by atoms with Gasteiger partial charge in [0.25, 0.3) is 5.56 Å². The van der Waals surface area contributed by atoms with E-state index < -0.39 is 0 Å². The lowest BCUT2D eigenvalue weighted by Crippen LogP contribution is -2.42. The molecule has 0 saturated carbocycles. The van der Waals surface area contributed by atoms with Crippen molar-refractivity contribution in [3.05, 3.63) is 58.0 Å². The number of amides is 1. The van der Waals surface area contributed by atoms with E-state index in [9.17, 15) is 9.59 Å². The first kappa shape index (κ1) is 21.0. The van der Waals surface area contributed by atoms with E-state index in [1.807, 2.05) is 23.1 Å². The number of nitrogens with zero attached hydrogens (tertiary/aromatic N) is 3. The molecule has 1 amide bonds. The van der Waals surface area contributed by atoms with E-state index in [4.69, 9.17) is 9.47 Å². The lowest BCUT2D eigenvalue weighted by atomic mass is 10.1.